The minimum absolute atomic E-state index is 0.196. The molecule has 0 saturated carbocycles. The van der Waals surface area contributed by atoms with Gasteiger partial charge in [0, 0.05) is 13.1 Å². The molecular weight excluding hydrogens is 182 g/mol. The van der Waals surface area contributed by atoms with E-state index in [9.17, 15) is 5.11 Å². The molecule has 6 heteroatoms. The van der Waals surface area contributed by atoms with Crippen LogP contribution in [0.1, 0.15) is 26.6 Å². The molecule has 1 aromatic rings. The van der Waals surface area contributed by atoms with Crippen LogP contribution < -0.4 is 5.32 Å². The number of nitrogens with zero attached hydrogens (tertiary/aromatic N) is 4. The number of hydrogen-bond acceptors (Lipinski definition) is 5. The van der Waals surface area contributed by atoms with E-state index in [0.29, 0.717) is 18.9 Å². The van der Waals surface area contributed by atoms with E-state index >= 15 is 0 Å². The lowest BCUT2D eigenvalue weighted by Crippen LogP contribution is -2.57. The highest BCUT2D eigenvalue weighted by molar-refractivity contribution is 5.06. The van der Waals surface area contributed by atoms with Gasteiger partial charge in [0.2, 0.25) is 5.82 Å². The number of hydrogen-bond donors (Lipinski definition) is 2. The summed E-state index contributed by atoms with van der Waals surface area (Å²) in [5.74, 6) is 0.408. The second kappa shape index (κ2) is 2.74. The predicted octanol–water partition coefficient (Wildman–Crippen LogP) is -0.781. The lowest BCUT2D eigenvalue weighted by atomic mass is 9.97. The lowest BCUT2D eigenvalue weighted by molar-refractivity contribution is -0.0232. The smallest absolute Gasteiger partial charge is 0.208 e. The summed E-state index contributed by atoms with van der Waals surface area (Å²) in [7, 11) is 0. The predicted molar refractivity (Wildman–Crippen MR) is 49.6 cm³/mol. The number of rotatable bonds is 1. The van der Waals surface area contributed by atoms with Crippen molar-refractivity contribution in [1.82, 2.24) is 25.5 Å². The molecule has 0 spiro atoms. The van der Waals surface area contributed by atoms with Crippen molar-refractivity contribution in [3.63, 3.8) is 0 Å². The second-order valence-corrected chi connectivity index (χ2v) is 4.71. The van der Waals surface area contributed by atoms with Crippen molar-refractivity contribution in [2.45, 2.75) is 31.9 Å². The molecule has 2 heterocycles. The van der Waals surface area contributed by atoms with Crippen LogP contribution in [0.3, 0.4) is 0 Å². The van der Waals surface area contributed by atoms with Gasteiger partial charge in [0.25, 0.3) is 0 Å². The maximum Gasteiger partial charge on any atom is 0.208 e. The first-order chi connectivity index (χ1) is 6.42. The van der Waals surface area contributed by atoms with Crippen LogP contribution in [0.5, 0.6) is 0 Å². The lowest BCUT2D eigenvalue weighted by Gasteiger charge is -2.34. The van der Waals surface area contributed by atoms with Crippen LogP contribution in [0.25, 0.3) is 0 Å². The minimum Gasteiger partial charge on any atom is -0.379 e. The van der Waals surface area contributed by atoms with Gasteiger partial charge in [-0.15, -0.1) is 10.2 Å². The third kappa shape index (κ3) is 1.40. The normalized spacial score (nSPS) is 20.6. The first kappa shape index (κ1) is 9.54. The molecule has 0 aliphatic carbocycles. The van der Waals surface area contributed by atoms with Gasteiger partial charge in [-0.1, -0.05) is 0 Å². The SMILES string of the molecule is CC(C)(C)n1nnc(C2(O)CNC2)n1. The topological polar surface area (TPSA) is 75.9 Å². The third-order valence-corrected chi connectivity index (χ3v) is 2.26. The molecule has 0 amide bonds. The van der Waals surface area contributed by atoms with E-state index in [4.69, 9.17) is 0 Å². The third-order valence-electron chi connectivity index (χ3n) is 2.26. The van der Waals surface area contributed by atoms with Crippen LogP contribution in [0.15, 0.2) is 0 Å². The van der Waals surface area contributed by atoms with E-state index in [1.807, 2.05) is 20.8 Å². The molecule has 1 fully saturated rings. The Kier molecular flexibility index (Phi) is 1.87. The first-order valence-electron chi connectivity index (χ1n) is 4.66. The summed E-state index contributed by atoms with van der Waals surface area (Å²) in [6, 6.07) is 0. The van der Waals surface area contributed by atoms with Crippen molar-refractivity contribution >= 4 is 0 Å². The maximum atomic E-state index is 9.92. The van der Waals surface area contributed by atoms with E-state index in [0.717, 1.165) is 0 Å². The molecule has 2 rings (SSSR count). The van der Waals surface area contributed by atoms with E-state index in [1.54, 1.807) is 0 Å². The van der Waals surface area contributed by atoms with Gasteiger partial charge in [-0.25, -0.2) is 0 Å². The van der Waals surface area contributed by atoms with Crippen LogP contribution >= 0.6 is 0 Å². The average Bonchev–Trinajstić information content (AvgIpc) is 2.46. The molecule has 78 valence electrons. The van der Waals surface area contributed by atoms with E-state index in [1.165, 1.54) is 4.80 Å². The number of tetrazole rings is 1. The zero-order valence-corrected chi connectivity index (χ0v) is 8.65. The van der Waals surface area contributed by atoms with E-state index < -0.39 is 5.60 Å². The fraction of sp³-hybridized carbons (Fsp3) is 0.875. The summed E-state index contributed by atoms with van der Waals surface area (Å²) in [4.78, 5) is 1.53. The second-order valence-electron chi connectivity index (χ2n) is 4.71. The Hall–Kier alpha value is -1.01. The highest BCUT2D eigenvalue weighted by atomic mass is 16.3. The van der Waals surface area contributed by atoms with Gasteiger partial charge in [-0.2, -0.15) is 4.80 Å². The molecule has 1 aliphatic rings. The molecule has 0 atom stereocenters. The Morgan fingerprint density at radius 2 is 2.07 bits per heavy atom. The standard InChI is InChI=1S/C8H15N5O/c1-7(2,3)13-11-6(10-12-13)8(14)4-9-5-8/h9,14H,4-5H2,1-3H3. The quantitative estimate of drug-likeness (QED) is 0.617. The van der Waals surface area contributed by atoms with Gasteiger partial charge in [0.05, 0.1) is 5.54 Å². The Morgan fingerprint density at radius 3 is 2.43 bits per heavy atom. The molecule has 0 radical (unpaired) electrons. The van der Waals surface area contributed by atoms with Gasteiger partial charge < -0.3 is 10.4 Å². The fourth-order valence-corrected chi connectivity index (χ4v) is 1.20. The fourth-order valence-electron chi connectivity index (χ4n) is 1.20. The largest absolute Gasteiger partial charge is 0.379 e. The summed E-state index contributed by atoms with van der Waals surface area (Å²) in [5, 5.41) is 24.9. The molecule has 1 aliphatic heterocycles. The van der Waals surface area contributed by atoms with Crippen LogP contribution in [-0.4, -0.2) is 38.4 Å². The minimum atomic E-state index is -0.913. The zero-order valence-electron chi connectivity index (χ0n) is 8.65. The summed E-state index contributed by atoms with van der Waals surface area (Å²) in [6.45, 7) is 6.97. The van der Waals surface area contributed by atoms with Gasteiger partial charge in [0.1, 0.15) is 0 Å². The number of β-amino-alcohol motifs (C(OH)–C–C–N with tert-alkyl or cyclic N) is 1. The summed E-state index contributed by atoms with van der Waals surface area (Å²) >= 11 is 0. The van der Waals surface area contributed by atoms with Crippen molar-refractivity contribution in [2.24, 2.45) is 0 Å². The molecule has 1 aromatic heterocycles. The molecule has 6 nitrogen and oxygen atoms in total. The van der Waals surface area contributed by atoms with Crippen molar-refractivity contribution < 1.29 is 5.11 Å². The molecule has 0 bridgehead atoms. The van der Waals surface area contributed by atoms with Crippen LogP contribution in [0.4, 0.5) is 0 Å². The van der Waals surface area contributed by atoms with Crippen molar-refractivity contribution in [3.05, 3.63) is 5.82 Å². The van der Waals surface area contributed by atoms with E-state index in [-0.39, 0.29) is 5.54 Å². The van der Waals surface area contributed by atoms with Crippen LogP contribution in [0.2, 0.25) is 0 Å². The summed E-state index contributed by atoms with van der Waals surface area (Å²) < 4.78 is 0. The number of nitrogens with one attached hydrogen (secondary N) is 1. The Labute approximate surface area is 82.3 Å². The number of aromatic nitrogens is 4. The Bertz CT molecular complexity index is 336. The summed E-state index contributed by atoms with van der Waals surface area (Å²) in [5.41, 5.74) is -1.11. The van der Waals surface area contributed by atoms with Gasteiger partial charge in [-0.3, -0.25) is 0 Å². The maximum absolute atomic E-state index is 9.92. The molecular formula is C8H15N5O. The van der Waals surface area contributed by atoms with Crippen molar-refractivity contribution in [2.75, 3.05) is 13.1 Å². The van der Waals surface area contributed by atoms with Gasteiger partial charge in [-0.05, 0) is 26.0 Å². The highest BCUT2D eigenvalue weighted by Gasteiger charge is 2.41. The Balaban J connectivity index is 2.26. The Morgan fingerprint density at radius 1 is 1.43 bits per heavy atom. The highest BCUT2D eigenvalue weighted by Crippen LogP contribution is 2.21. The zero-order chi connectivity index (χ0) is 10.4. The molecule has 1 saturated heterocycles. The monoisotopic (exact) mass is 197 g/mol. The van der Waals surface area contributed by atoms with Gasteiger partial charge >= 0.3 is 0 Å². The first-order valence-corrected chi connectivity index (χ1v) is 4.66. The summed E-state index contributed by atoms with van der Waals surface area (Å²) in [6.07, 6.45) is 0. The average molecular weight is 197 g/mol. The van der Waals surface area contributed by atoms with Gasteiger partial charge in [0.15, 0.2) is 5.60 Å². The van der Waals surface area contributed by atoms with E-state index in [2.05, 4.69) is 20.7 Å². The molecule has 14 heavy (non-hydrogen) atoms. The molecule has 0 aromatic carbocycles. The van der Waals surface area contributed by atoms with Crippen LogP contribution in [-0.2, 0) is 11.1 Å². The number of aliphatic hydroxyl groups is 1. The van der Waals surface area contributed by atoms with Crippen molar-refractivity contribution in [1.29, 1.82) is 0 Å². The molecule has 0 unspecified atom stereocenters. The molecule has 2 N–H and O–H groups in total. The van der Waals surface area contributed by atoms with Crippen LogP contribution in [0, 0.1) is 0 Å². The van der Waals surface area contributed by atoms with Crippen molar-refractivity contribution in [3.8, 4) is 0 Å².